The van der Waals surface area contributed by atoms with Crippen LogP contribution in [0, 0.1) is 23.6 Å². The molecule has 1 aromatic heterocycles. The molecule has 1 N–H and O–H groups in total. The van der Waals surface area contributed by atoms with Crippen molar-refractivity contribution >= 4 is 32.4 Å². The number of nitrogens with zero attached hydrogens (tertiary/aromatic N) is 3. The van der Waals surface area contributed by atoms with Gasteiger partial charge < -0.3 is 0 Å². The summed E-state index contributed by atoms with van der Waals surface area (Å²) in [6.45, 7) is -0.369. The number of carbonyl (C=O) groups is 1. The first-order valence-corrected chi connectivity index (χ1v) is 12.8. The van der Waals surface area contributed by atoms with E-state index in [4.69, 9.17) is 0 Å². The standard InChI is InChI=1S/C21H25FN4O3S2/c1-26(31(28,29)17-4-2-16(22)3-5-17)12-18(27)23-20-25-24-19(30-20)21-9-13-6-14(10-21)8-15(7-13)11-21/h2-5,13-15H,6-12H2,1H3,(H,23,25,27). The zero-order chi connectivity index (χ0) is 21.8. The van der Waals surface area contributed by atoms with Gasteiger partial charge in [-0.1, -0.05) is 11.3 Å². The second kappa shape index (κ2) is 7.60. The van der Waals surface area contributed by atoms with E-state index in [1.165, 1.54) is 69.0 Å². The van der Waals surface area contributed by atoms with Crippen LogP contribution in [0.15, 0.2) is 29.2 Å². The predicted molar refractivity (Wildman–Crippen MR) is 115 cm³/mol. The van der Waals surface area contributed by atoms with Crippen LogP contribution in [0.1, 0.15) is 43.5 Å². The quantitative estimate of drug-likeness (QED) is 0.707. The van der Waals surface area contributed by atoms with E-state index in [-0.39, 0.29) is 16.9 Å². The number of nitrogens with one attached hydrogen (secondary N) is 1. The van der Waals surface area contributed by atoms with Crippen molar-refractivity contribution in [3.05, 3.63) is 35.1 Å². The van der Waals surface area contributed by atoms with E-state index >= 15 is 0 Å². The molecule has 0 saturated heterocycles. The van der Waals surface area contributed by atoms with E-state index in [0.29, 0.717) is 5.13 Å². The van der Waals surface area contributed by atoms with Crippen molar-refractivity contribution in [2.24, 2.45) is 17.8 Å². The molecule has 4 bridgehead atoms. The Bertz CT molecular complexity index is 1060. The minimum atomic E-state index is -3.90. The molecule has 4 saturated carbocycles. The molecular weight excluding hydrogens is 439 g/mol. The highest BCUT2D eigenvalue weighted by atomic mass is 32.2. The van der Waals surface area contributed by atoms with Gasteiger partial charge in [0.15, 0.2) is 0 Å². The predicted octanol–water partition coefficient (Wildman–Crippen LogP) is 3.40. The van der Waals surface area contributed by atoms with E-state index in [0.717, 1.165) is 39.2 Å². The number of likely N-dealkylation sites (N-methyl/N-ethyl adjacent to an activating group) is 1. The summed E-state index contributed by atoms with van der Waals surface area (Å²) in [4.78, 5) is 12.4. The van der Waals surface area contributed by atoms with Crippen LogP contribution in [-0.4, -0.2) is 42.4 Å². The normalized spacial score (nSPS) is 29.5. The number of sulfonamides is 1. The molecule has 0 aliphatic heterocycles. The van der Waals surface area contributed by atoms with Crippen LogP contribution in [0.25, 0.3) is 0 Å². The fourth-order valence-corrected chi connectivity index (χ4v) is 8.20. The number of carbonyl (C=O) groups excluding carboxylic acids is 1. The van der Waals surface area contributed by atoms with E-state index in [9.17, 15) is 17.6 Å². The average molecular weight is 465 g/mol. The Morgan fingerprint density at radius 3 is 2.29 bits per heavy atom. The maximum absolute atomic E-state index is 13.1. The number of halogens is 1. The molecule has 1 aromatic carbocycles. The molecule has 4 aliphatic rings. The third-order valence-corrected chi connectivity index (χ3v) is 9.95. The van der Waals surface area contributed by atoms with Crippen molar-refractivity contribution in [1.29, 1.82) is 0 Å². The second-order valence-corrected chi connectivity index (χ2v) is 12.4. The van der Waals surface area contributed by atoms with Gasteiger partial charge in [-0.05, 0) is 80.5 Å². The van der Waals surface area contributed by atoms with Gasteiger partial charge in [0.2, 0.25) is 21.1 Å². The van der Waals surface area contributed by atoms with Gasteiger partial charge in [0.1, 0.15) is 10.8 Å². The molecule has 2 aromatic rings. The van der Waals surface area contributed by atoms with Crippen molar-refractivity contribution in [2.75, 3.05) is 18.9 Å². The fourth-order valence-electron chi connectivity index (χ4n) is 6.09. The number of hydrogen-bond donors (Lipinski definition) is 1. The number of aromatic nitrogens is 2. The molecule has 166 valence electrons. The summed E-state index contributed by atoms with van der Waals surface area (Å²) in [7, 11) is -2.58. The molecule has 7 nitrogen and oxygen atoms in total. The van der Waals surface area contributed by atoms with Crippen LogP contribution in [0.5, 0.6) is 0 Å². The maximum Gasteiger partial charge on any atom is 0.243 e. The summed E-state index contributed by atoms with van der Waals surface area (Å²) in [6, 6.07) is 4.52. The molecule has 0 radical (unpaired) electrons. The van der Waals surface area contributed by atoms with Crippen LogP contribution in [0.2, 0.25) is 0 Å². The van der Waals surface area contributed by atoms with Crippen LogP contribution in [0.4, 0.5) is 9.52 Å². The summed E-state index contributed by atoms with van der Waals surface area (Å²) in [5.41, 5.74) is 0.109. The molecule has 4 fully saturated rings. The Labute approximate surface area is 185 Å². The Morgan fingerprint density at radius 1 is 1.13 bits per heavy atom. The van der Waals surface area contributed by atoms with Crippen molar-refractivity contribution in [2.45, 2.75) is 48.8 Å². The highest BCUT2D eigenvalue weighted by Crippen LogP contribution is 2.61. The van der Waals surface area contributed by atoms with Crippen molar-refractivity contribution in [3.8, 4) is 0 Å². The lowest BCUT2D eigenvalue weighted by Gasteiger charge is -2.55. The largest absolute Gasteiger partial charge is 0.299 e. The summed E-state index contributed by atoms with van der Waals surface area (Å²) >= 11 is 1.42. The lowest BCUT2D eigenvalue weighted by molar-refractivity contribution is -0.116. The lowest BCUT2D eigenvalue weighted by Crippen LogP contribution is -2.48. The number of hydrogen-bond acceptors (Lipinski definition) is 6. The Hall–Kier alpha value is -1.91. The monoisotopic (exact) mass is 464 g/mol. The average Bonchev–Trinajstić information content (AvgIpc) is 3.16. The molecule has 6 rings (SSSR count). The summed E-state index contributed by atoms with van der Waals surface area (Å²) < 4.78 is 39.2. The van der Waals surface area contributed by atoms with E-state index < -0.39 is 21.7 Å². The van der Waals surface area contributed by atoms with Crippen LogP contribution >= 0.6 is 11.3 Å². The zero-order valence-corrected chi connectivity index (χ0v) is 18.9. The lowest BCUT2D eigenvalue weighted by atomic mass is 9.50. The molecule has 0 spiro atoms. The molecule has 4 aliphatic carbocycles. The number of benzene rings is 1. The van der Waals surface area contributed by atoms with Gasteiger partial charge in [-0.2, -0.15) is 4.31 Å². The first-order chi connectivity index (χ1) is 14.7. The van der Waals surface area contributed by atoms with Gasteiger partial charge in [-0.3, -0.25) is 10.1 Å². The molecule has 0 atom stereocenters. The third-order valence-electron chi connectivity index (χ3n) is 7.05. The summed E-state index contributed by atoms with van der Waals surface area (Å²) in [5.74, 6) is 1.36. The Morgan fingerprint density at radius 2 is 1.71 bits per heavy atom. The minimum absolute atomic E-state index is 0.0655. The molecule has 1 heterocycles. The smallest absolute Gasteiger partial charge is 0.243 e. The topological polar surface area (TPSA) is 92.3 Å². The van der Waals surface area contributed by atoms with Gasteiger partial charge in [0.25, 0.3) is 0 Å². The molecule has 31 heavy (non-hydrogen) atoms. The highest BCUT2D eigenvalue weighted by Gasteiger charge is 2.53. The molecule has 1 amide bonds. The van der Waals surface area contributed by atoms with Gasteiger partial charge in [0, 0.05) is 12.5 Å². The van der Waals surface area contributed by atoms with Gasteiger partial charge in [-0.15, -0.1) is 10.2 Å². The highest BCUT2D eigenvalue weighted by molar-refractivity contribution is 7.89. The summed E-state index contributed by atoms with van der Waals surface area (Å²) in [6.07, 6.45) is 7.53. The SMILES string of the molecule is CN(CC(=O)Nc1nnc(C23CC4CC(CC(C4)C2)C3)s1)S(=O)(=O)c1ccc(F)cc1. The third kappa shape index (κ3) is 3.89. The van der Waals surface area contributed by atoms with Crippen LogP contribution in [-0.2, 0) is 20.2 Å². The number of anilines is 1. The Kier molecular flexibility index (Phi) is 5.14. The number of rotatable bonds is 6. The molecule has 10 heteroatoms. The van der Waals surface area contributed by atoms with E-state index in [1.54, 1.807) is 0 Å². The van der Waals surface area contributed by atoms with E-state index in [1.807, 2.05) is 0 Å². The first kappa shape index (κ1) is 21.0. The van der Waals surface area contributed by atoms with Crippen molar-refractivity contribution < 1.29 is 17.6 Å². The molecule has 0 unspecified atom stereocenters. The second-order valence-electron chi connectivity index (χ2n) is 9.37. The van der Waals surface area contributed by atoms with Gasteiger partial charge >= 0.3 is 0 Å². The maximum atomic E-state index is 13.1. The minimum Gasteiger partial charge on any atom is -0.299 e. The number of amides is 1. The van der Waals surface area contributed by atoms with Gasteiger partial charge in [-0.25, -0.2) is 12.8 Å². The van der Waals surface area contributed by atoms with E-state index in [2.05, 4.69) is 15.5 Å². The van der Waals surface area contributed by atoms with Crippen molar-refractivity contribution in [3.63, 3.8) is 0 Å². The summed E-state index contributed by atoms with van der Waals surface area (Å²) in [5, 5.41) is 12.7. The molecular formula is C21H25FN4O3S2. The van der Waals surface area contributed by atoms with Crippen LogP contribution in [0.3, 0.4) is 0 Å². The first-order valence-electron chi connectivity index (χ1n) is 10.6. The van der Waals surface area contributed by atoms with Gasteiger partial charge in [0.05, 0.1) is 11.4 Å². The van der Waals surface area contributed by atoms with Crippen molar-refractivity contribution in [1.82, 2.24) is 14.5 Å². The zero-order valence-electron chi connectivity index (χ0n) is 17.3. The Balaban J connectivity index is 1.25. The fraction of sp³-hybridized carbons (Fsp3) is 0.571. The van der Waals surface area contributed by atoms with Crippen LogP contribution < -0.4 is 5.32 Å².